The number of anilines is 1. The lowest BCUT2D eigenvalue weighted by molar-refractivity contribution is -0.136. The SMILES string of the molecule is O=C(NCCc1c[nH]c2ccccc12)C(=O)Nc1c(F)cccc1F. The molecule has 0 bridgehead atoms. The number of carbonyl (C=O) groups is 2. The van der Waals surface area contributed by atoms with Crippen molar-refractivity contribution < 1.29 is 18.4 Å². The van der Waals surface area contributed by atoms with Crippen LogP contribution in [0.25, 0.3) is 10.9 Å². The molecule has 0 saturated heterocycles. The molecule has 0 spiro atoms. The summed E-state index contributed by atoms with van der Waals surface area (Å²) in [5.41, 5.74) is 1.34. The van der Waals surface area contributed by atoms with Gasteiger partial charge in [0.25, 0.3) is 0 Å². The van der Waals surface area contributed by atoms with Gasteiger partial charge in [0.15, 0.2) is 0 Å². The maximum Gasteiger partial charge on any atom is 0.313 e. The second-order valence-electron chi connectivity index (χ2n) is 5.42. The van der Waals surface area contributed by atoms with Crippen molar-refractivity contribution in [1.82, 2.24) is 10.3 Å². The number of amides is 2. The van der Waals surface area contributed by atoms with Crippen LogP contribution in [-0.2, 0) is 16.0 Å². The van der Waals surface area contributed by atoms with Gasteiger partial charge in [0.1, 0.15) is 17.3 Å². The molecule has 3 rings (SSSR count). The Morgan fingerprint density at radius 1 is 0.960 bits per heavy atom. The molecule has 1 heterocycles. The molecule has 0 saturated carbocycles. The average molecular weight is 343 g/mol. The van der Waals surface area contributed by atoms with E-state index in [-0.39, 0.29) is 6.54 Å². The summed E-state index contributed by atoms with van der Waals surface area (Å²) in [5, 5.41) is 5.42. The molecule has 0 fully saturated rings. The second-order valence-corrected chi connectivity index (χ2v) is 5.42. The zero-order valence-corrected chi connectivity index (χ0v) is 13.1. The van der Waals surface area contributed by atoms with Gasteiger partial charge >= 0.3 is 11.8 Å². The Morgan fingerprint density at radius 3 is 2.44 bits per heavy atom. The summed E-state index contributed by atoms with van der Waals surface area (Å²) in [5.74, 6) is -3.97. The third-order valence-corrected chi connectivity index (χ3v) is 3.76. The highest BCUT2D eigenvalue weighted by Crippen LogP contribution is 2.18. The van der Waals surface area contributed by atoms with Crippen molar-refractivity contribution in [1.29, 1.82) is 0 Å². The van der Waals surface area contributed by atoms with Gasteiger partial charge in [-0.2, -0.15) is 0 Å². The van der Waals surface area contributed by atoms with Crippen molar-refractivity contribution in [3.63, 3.8) is 0 Å². The minimum absolute atomic E-state index is 0.216. The van der Waals surface area contributed by atoms with Crippen LogP contribution in [0.2, 0.25) is 0 Å². The quantitative estimate of drug-likeness (QED) is 0.637. The van der Waals surface area contributed by atoms with Crippen LogP contribution in [0.4, 0.5) is 14.5 Å². The van der Waals surface area contributed by atoms with E-state index in [0.29, 0.717) is 6.42 Å². The van der Waals surface area contributed by atoms with Gasteiger partial charge < -0.3 is 15.6 Å². The van der Waals surface area contributed by atoms with E-state index in [1.165, 1.54) is 6.07 Å². The first-order chi connectivity index (χ1) is 12.1. The molecule has 3 N–H and O–H groups in total. The zero-order chi connectivity index (χ0) is 17.8. The number of hydrogen-bond acceptors (Lipinski definition) is 2. The maximum atomic E-state index is 13.5. The van der Waals surface area contributed by atoms with E-state index in [0.717, 1.165) is 28.6 Å². The Bertz CT molecular complexity index is 917. The molecule has 0 aliphatic heterocycles. The summed E-state index contributed by atoms with van der Waals surface area (Å²) in [6.07, 6.45) is 2.35. The molecule has 1 aromatic heterocycles. The van der Waals surface area contributed by atoms with Crippen LogP contribution >= 0.6 is 0 Å². The normalized spacial score (nSPS) is 10.6. The predicted octanol–water partition coefficient (Wildman–Crippen LogP) is 2.74. The number of carbonyl (C=O) groups excluding carboxylic acids is 2. The van der Waals surface area contributed by atoms with Gasteiger partial charge in [0, 0.05) is 23.6 Å². The second kappa shape index (κ2) is 7.12. The summed E-state index contributed by atoms with van der Waals surface area (Å²) >= 11 is 0. The minimum Gasteiger partial charge on any atom is -0.361 e. The molecular weight excluding hydrogens is 328 g/mol. The van der Waals surface area contributed by atoms with Gasteiger partial charge in [0.05, 0.1) is 0 Å². The van der Waals surface area contributed by atoms with Crippen LogP contribution in [0.3, 0.4) is 0 Å². The highest BCUT2D eigenvalue weighted by Gasteiger charge is 2.17. The van der Waals surface area contributed by atoms with E-state index >= 15 is 0 Å². The molecule has 128 valence electrons. The lowest BCUT2D eigenvalue weighted by atomic mass is 10.1. The van der Waals surface area contributed by atoms with Crippen LogP contribution in [0.5, 0.6) is 0 Å². The summed E-state index contributed by atoms with van der Waals surface area (Å²) in [6, 6.07) is 10.9. The monoisotopic (exact) mass is 343 g/mol. The molecule has 0 unspecified atom stereocenters. The molecule has 5 nitrogen and oxygen atoms in total. The smallest absolute Gasteiger partial charge is 0.313 e. The number of benzene rings is 2. The van der Waals surface area contributed by atoms with Crippen molar-refractivity contribution in [2.45, 2.75) is 6.42 Å². The number of para-hydroxylation sites is 2. The topological polar surface area (TPSA) is 74.0 Å². The first kappa shape index (κ1) is 16.6. The number of hydrogen-bond donors (Lipinski definition) is 3. The number of H-pyrrole nitrogens is 1. The Morgan fingerprint density at radius 2 is 1.68 bits per heavy atom. The third kappa shape index (κ3) is 3.65. The van der Waals surface area contributed by atoms with Gasteiger partial charge in [-0.05, 0) is 30.2 Å². The zero-order valence-electron chi connectivity index (χ0n) is 13.1. The highest BCUT2D eigenvalue weighted by molar-refractivity contribution is 6.39. The van der Waals surface area contributed by atoms with Crippen LogP contribution in [-0.4, -0.2) is 23.3 Å². The van der Waals surface area contributed by atoms with Crippen molar-refractivity contribution in [2.24, 2.45) is 0 Å². The van der Waals surface area contributed by atoms with E-state index < -0.39 is 29.1 Å². The van der Waals surface area contributed by atoms with E-state index in [2.05, 4.69) is 10.3 Å². The average Bonchev–Trinajstić information content (AvgIpc) is 3.01. The molecule has 25 heavy (non-hydrogen) atoms. The number of aromatic nitrogens is 1. The maximum absolute atomic E-state index is 13.5. The summed E-state index contributed by atoms with van der Waals surface area (Å²) < 4.78 is 26.9. The van der Waals surface area contributed by atoms with Crippen LogP contribution in [0.1, 0.15) is 5.56 Å². The van der Waals surface area contributed by atoms with E-state index in [9.17, 15) is 18.4 Å². The van der Waals surface area contributed by atoms with Crippen LogP contribution in [0, 0.1) is 11.6 Å². The number of halogens is 2. The van der Waals surface area contributed by atoms with E-state index in [4.69, 9.17) is 0 Å². The summed E-state index contributed by atoms with van der Waals surface area (Å²) in [4.78, 5) is 26.7. The summed E-state index contributed by atoms with van der Waals surface area (Å²) in [7, 11) is 0. The largest absolute Gasteiger partial charge is 0.361 e. The Hall–Kier alpha value is -3.22. The first-order valence-corrected chi connectivity index (χ1v) is 7.64. The van der Waals surface area contributed by atoms with Gasteiger partial charge in [-0.1, -0.05) is 24.3 Å². The molecule has 0 aliphatic carbocycles. The van der Waals surface area contributed by atoms with Crippen molar-refractivity contribution >= 4 is 28.4 Å². The molecule has 2 aromatic carbocycles. The van der Waals surface area contributed by atoms with Crippen molar-refractivity contribution in [2.75, 3.05) is 11.9 Å². The fraction of sp³-hybridized carbons (Fsp3) is 0.111. The summed E-state index contributed by atoms with van der Waals surface area (Å²) in [6.45, 7) is 0.216. The van der Waals surface area contributed by atoms with Gasteiger partial charge in [-0.3, -0.25) is 9.59 Å². The fourth-order valence-electron chi connectivity index (χ4n) is 2.52. The minimum atomic E-state index is -1.12. The van der Waals surface area contributed by atoms with Crippen molar-refractivity contribution in [3.8, 4) is 0 Å². The lowest BCUT2D eigenvalue weighted by Gasteiger charge is -2.08. The lowest BCUT2D eigenvalue weighted by Crippen LogP contribution is -2.36. The molecule has 0 atom stereocenters. The van der Waals surface area contributed by atoms with Crippen LogP contribution in [0.15, 0.2) is 48.7 Å². The van der Waals surface area contributed by atoms with Crippen molar-refractivity contribution in [3.05, 3.63) is 65.9 Å². The first-order valence-electron chi connectivity index (χ1n) is 7.64. The van der Waals surface area contributed by atoms with Gasteiger partial charge in [-0.25, -0.2) is 8.78 Å². The molecule has 0 radical (unpaired) electrons. The number of fused-ring (bicyclic) bond motifs is 1. The van der Waals surface area contributed by atoms with E-state index in [1.54, 1.807) is 0 Å². The van der Waals surface area contributed by atoms with Gasteiger partial charge in [-0.15, -0.1) is 0 Å². The molecule has 0 aliphatic rings. The Balaban J connectivity index is 1.56. The fourth-order valence-corrected chi connectivity index (χ4v) is 2.52. The molecule has 2 amide bonds. The Kier molecular flexibility index (Phi) is 4.74. The standard InChI is InChI=1S/C18H15F2N3O2/c19-13-5-3-6-14(20)16(13)23-18(25)17(24)21-9-8-11-10-22-15-7-2-1-4-12(11)15/h1-7,10,22H,8-9H2,(H,21,24)(H,23,25). The number of aromatic amines is 1. The number of rotatable bonds is 4. The highest BCUT2D eigenvalue weighted by atomic mass is 19.1. The Labute approximate surface area is 142 Å². The molecular formula is C18H15F2N3O2. The molecule has 7 heteroatoms. The van der Waals surface area contributed by atoms with E-state index in [1.807, 2.05) is 35.8 Å². The van der Waals surface area contributed by atoms with Crippen LogP contribution < -0.4 is 10.6 Å². The predicted molar refractivity (Wildman–Crippen MR) is 90.0 cm³/mol. The third-order valence-electron chi connectivity index (χ3n) is 3.76. The van der Waals surface area contributed by atoms with Gasteiger partial charge in [0.2, 0.25) is 0 Å². The molecule has 3 aromatic rings. The number of nitrogens with one attached hydrogen (secondary N) is 3.